The fourth-order valence-electron chi connectivity index (χ4n) is 3.42. The van der Waals surface area contributed by atoms with Crippen molar-refractivity contribution in [3.8, 4) is 5.75 Å². The Bertz CT molecular complexity index is 1000. The molecule has 3 nitrogen and oxygen atoms in total. The molecule has 0 N–H and O–H groups in total. The standard InChI is InChI=1S/C20H15ClF7NO2/c1-10-14-8-17(31-9-12-2-3-13(21)7-16(12)22)15(19(23,24)25)6-11(14)4-5-29(10)18(30)20(26,27)28/h2-3,6-8,10H,4-5,9H2,1H3/t10-/m0/s1. The molecule has 168 valence electrons. The first-order valence-electron chi connectivity index (χ1n) is 8.97. The first-order valence-corrected chi connectivity index (χ1v) is 9.35. The molecule has 0 saturated carbocycles. The number of rotatable bonds is 3. The van der Waals surface area contributed by atoms with Gasteiger partial charge in [0.05, 0.1) is 11.6 Å². The summed E-state index contributed by atoms with van der Waals surface area (Å²) in [4.78, 5) is 12.2. The number of carbonyl (C=O) groups excluding carboxylic acids is 1. The molecule has 0 aliphatic carbocycles. The van der Waals surface area contributed by atoms with Crippen LogP contribution in [0.1, 0.15) is 35.2 Å². The van der Waals surface area contributed by atoms with E-state index >= 15 is 0 Å². The van der Waals surface area contributed by atoms with E-state index in [0.29, 0.717) is 4.90 Å². The number of hydrogen-bond acceptors (Lipinski definition) is 2. The molecule has 2 aromatic rings. The predicted octanol–water partition coefficient (Wildman–Crippen LogP) is 6.08. The van der Waals surface area contributed by atoms with E-state index in [1.807, 2.05) is 0 Å². The normalized spacial score (nSPS) is 16.8. The number of fused-ring (bicyclic) bond motifs is 1. The molecule has 11 heteroatoms. The zero-order chi connectivity index (χ0) is 23.1. The van der Waals surface area contributed by atoms with Gasteiger partial charge in [-0.25, -0.2) is 4.39 Å². The molecule has 0 spiro atoms. The van der Waals surface area contributed by atoms with Crippen LogP contribution >= 0.6 is 11.6 Å². The molecule has 0 fully saturated rings. The Hall–Kier alpha value is -2.49. The lowest BCUT2D eigenvalue weighted by Crippen LogP contribution is -2.45. The molecular weight excluding hydrogens is 455 g/mol. The maximum atomic E-state index is 13.9. The highest BCUT2D eigenvalue weighted by atomic mass is 35.5. The Morgan fingerprint density at radius 3 is 2.42 bits per heavy atom. The molecule has 0 bridgehead atoms. The van der Waals surface area contributed by atoms with Gasteiger partial charge in [0.15, 0.2) is 0 Å². The van der Waals surface area contributed by atoms with Gasteiger partial charge in [0.1, 0.15) is 18.2 Å². The maximum absolute atomic E-state index is 13.9. The summed E-state index contributed by atoms with van der Waals surface area (Å²) in [5.74, 6) is -3.53. The largest absolute Gasteiger partial charge is 0.488 e. The van der Waals surface area contributed by atoms with E-state index in [2.05, 4.69) is 0 Å². The number of nitrogens with zero attached hydrogens (tertiary/aromatic N) is 1. The Balaban J connectivity index is 1.97. The van der Waals surface area contributed by atoms with Crippen molar-refractivity contribution in [2.45, 2.75) is 38.3 Å². The Kier molecular flexibility index (Phi) is 6.14. The summed E-state index contributed by atoms with van der Waals surface area (Å²) in [6.07, 6.45) is -10.1. The van der Waals surface area contributed by atoms with Crippen LogP contribution in [0.25, 0.3) is 0 Å². The van der Waals surface area contributed by atoms with Crippen molar-refractivity contribution in [3.05, 3.63) is 63.4 Å². The molecule has 1 aliphatic heterocycles. The molecule has 2 aromatic carbocycles. The van der Waals surface area contributed by atoms with E-state index in [1.165, 1.54) is 19.1 Å². The van der Waals surface area contributed by atoms with E-state index < -0.39 is 48.0 Å². The number of halogens is 8. The second-order valence-corrected chi connectivity index (χ2v) is 7.43. The number of carbonyl (C=O) groups is 1. The number of hydrogen-bond donors (Lipinski definition) is 0. The molecule has 0 aromatic heterocycles. The highest BCUT2D eigenvalue weighted by molar-refractivity contribution is 6.30. The van der Waals surface area contributed by atoms with Gasteiger partial charge >= 0.3 is 18.3 Å². The molecule has 1 atom stereocenters. The summed E-state index contributed by atoms with van der Waals surface area (Å²) in [7, 11) is 0. The highest BCUT2D eigenvalue weighted by Crippen LogP contribution is 2.42. The molecule has 1 aliphatic rings. The first kappa shape index (κ1) is 23.2. The third-order valence-corrected chi connectivity index (χ3v) is 5.22. The number of ether oxygens (including phenoxy) is 1. The molecule has 0 radical (unpaired) electrons. The highest BCUT2D eigenvalue weighted by Gasteiger charge is 2.46. The van der Waals surface area contributed by atoms with E-state index in [0.717, 1.165) is 18.2 Å². The van der Waals surface area contributed by atoms with E-state index in [1.54, 1.807) is 0 Å². The average molecular weight is 470 g/mol. The third-order valence-electron chi connectivity index (χ3n) is 4.99. The summed E-state index contributed by atoms with van der Waals surface area (Å²) >= 11 is 5.64. The zero-order valence-corrected chi connectivity index (χ0v) is 16.6. The molecule has 0 saturated heterocycles. The fourth-order valence-corrected chi connectivity index (χ4v) is 3.58. The average Bonchev–Trinajstić information content (AvgIpc) is 2.65. The van der Waals surface area contributed by atoms with Gasteiger partial charge in [-0.2, -0.15) is 26.3 Å². The smallest absolute Gasteiger partial charge is 0.471 e. The lowest BCUT2D eigenvalue weighted by molar-refractivity contribution is -0.188. The van der Waals surface area contributed by atoms with Crippen LogP contribution in [0.15, 0.2) is 30.3 Å². The van der Waals surface area contributed by atoms with Gasteiger partial charge < -0.3 is 9.64 Å². The van der Waals surface area contributed by atoms with Crippen LogP contribution in [-0.2, 0) is 24.0 Å². The van der Waals surface area contributed by atoms with Crippen molar-refractivity contribution in [1.29, 1.82) is 0 Å². The Labute approximate surface area is 177 Å². The zero-order valence-electron chi connectivity index (χ0n) is 15.9. The SMILES string of the molecule is C[C@H]1c2cc(OCc3ccc(Cl)cc3F)c(C(F)(F)F)cc2CCN1C(=O)C(F)(F)F. The number of amides is 1. The number of alkyl halides is 6. The topological polar surface area (TPSA) is 29.5 Å². The predicted molar refractivity (Wildman–Crippen MR) is 97.1 cm³/mol. The molecule has 0 unspecified atom stereocenters. The van der Waals surface area contributed by atoms with Crippen LogP contribution in [0, 0.1) is 5.82 Å². The van der Waals surface area contributed by atoms with Crippen molar-refractivity contribution in [3.63, 3.8) is 0 Å². The second kappa shape index (κ2) is 8.22. The maximum Gasteiger partial charge on any atom is 0.471 e. The Morgan fingerprint density at radius 2 is 1.84 bits per heavy atom. The van der Waals surface area contributed by atoms with E-state index in [-0.39, 0.29) is 34.7 Å². The molecule has 1 heterocycles. The van der Waals surface area contributed by atoms with Crippen molar-refractivity contribution in [1.82, 2.24) is 4.90 Å². The van der Waals surface area contributed by atoms with Gasteiger partial charge in [0.2, 0.25) is 0 Å². The quantitative estimate of drug-likeness (QED) is 0.510. The minimum Gasteiger partial charge on any atom is -0.488 e. The molecule has 31 heavy (non-hydrogen) atoms. The second-order valence-electron chi connectivity index (χ2n) is 6.99. The summed E-state index contributed by atoms with van der Waals surface area (Å²) in [6, 6.07) is 4.19. The minimum absolute atomic E-state index is 0.0582. The van der Waals surface area contributed by atoms with Gasteiger partial charge in [-0.1, -0.05) is 17.7 Å². The van der Waals surface area contributed by atoms with Crippen molar-refractivity contribution >= 4 is 17.5 Å². The van der Waals surface area contributed by atoms with Crippen LogP contribution in [0.3, 0.4) is 0 Å². The van der Waals surface area contributed by atoms with Crippen LogP contribution in [0.5, 0.6) is 5.75 Å². The van der Waals surface area contributed by atoms with Crippen molar-refractivity contribution in [2.24, 2.45) is 0 Å². The molecule has 1 amide bonds. The third kappa shape index (κ3) is 4.89. The van der Waals surface area contributed by atoms with Crippen LogP contribution < -0.4 is 4.74 Å². The van der Waals surface area contributed by atoms with Crippen molar-refractivity contribution < 1.29 is 40.3 Å². The lowest BCUT2D eigenvalue weighted by atomic mass is 9.91. The van der Waals surface area contributed by atoms with Gasteiger partial charge in [0.25, 0.3) is 0 Å². The Morgan fingerprint density at radius 1 is 1.16 bits per heavy atom. The minimum atomic E-state index is -5.11. The first-order chi connectivity index (χ1) is 14.3. The summed E-state index contributed by atoms with van der Waals surface area (Å²) in [5, 5.41) is 0.0919. The summed E-state index contributed by atoms with van der Waals surface area (Å²) < 4.78 is 98.3. The van der Waals surface area contributed by atoms with E-state index in [4.69, 9.17) is 16.3 Å². The summed E-state index contributed by atoms with van der Waals surface area (Å²) in [5.41, 5.74) is -0.930. The van der Waals surface area contributed by atoms with Crippen LogP contribution in [0.2, 0.25) is 5.02 Å². The lowest BCUT2D eigenvalue weighted by Gasteiger charge is -2.36. The fraction of sp³-hybridized carbons (Fsp3) is 0.350. The van der Waals surface area contributed by atoms with Crippen LogP contribution in [-0.4, -0.2) is 23.5 Å². The van der Waals surface area contributed by atoms with Gasteiger partial charge in [-0.15, -0.1) is 0 Å². The van der Waals surface area contributed by atoms with Gasteiger partial charge in [-0.3, -0.25) is 4.79 Å². The van der Waals surface area contributed by atoms with Crippen LogP contribution in [0.4, 0.5) is 30.7 Å². The van der Waals surface area contributed by atoms with Gasteiger partial charge in [-0.05, 0) is 48.7 Å². The van der Waals surface area contributed by atoms with Gasteiger partial charge in [0, 0.05) is 17.1 Å². The van der Waals surface area contributed by atoms with Crippen molar-refractivity contribution in [2.75, 3.05) is 6.54 Å². The van der Waals surface area contributed by atoms with E-state index in [9.17, 15) is 35.5 Å². The monoisotopic (exact) mass is 469 g/mol. The summed E-state index contributed by atoms with van der Waals surface area (Å²) in [6.45, 7) is 0.349. The molecule has 3 rings (SSSR count). The number of benzene rings is 2. The molecular formula is C20H15ClF7NO2.